The van der Waals surface area contributed by atoms with E-state index in [1.165, 1.54) is 0 Å². The van der Waals surface area contributed by atoms with Gasteiger partial charge in [0.2, 0.25) is 5.91 Å². The maximum atomic E-state index is 12.7. The fraction of sp³-hybridized carbons (Fsp3) is 0.600. The Bertz CT molecular complexity index is 787. The molecular weight excluding hydrogens is 356 g/mol. The number of hydrogen-bond donors (Lipinski definition) is 0. The Balaban J connectivity index is 1.39. The first-order valence-electron chi connectivity index (χ1n) is 10.1. The Morgan fingerprint density at radius 1 is 1.25 bits per heavy atom. The van der Waals surface area contributed by atoms with E-state index < -0.39 is 0 Å². The van der Waals surface area contributed by atoms with Crippen molar-refractivity contribution in [1.82, 2.24) is 29.5 Å². The number of ether oxygens (including phenoxy) is 1. The van der Waals surface area contributed by atoms with Crippen molar-refractivity contribution in [3.8, 4) is 0 Å². The van der Waals surface area contributed by atoms with Crippen LogP contribution in [0.4, 0.5) is 0 Å². The van der Waals surface area contributed by atoms with Crippen LogP contribution in [0.5, 0.6) is 0 Å². The van der Waals surface area contributed by atoms with E-state index >= 15 is 0 Å². The zero-order valence-electron chi connectivity index (χ0n) is 16.5. The largest absolute Gasteiger partial charge is 0.379 e. The molecule has 0 aliphatic carbocycles. The van der Waals surface area contributed by atoms with Gasteiger partial charge in [-0.2, -0.15) is 0 Å². The highest BCUT2D eigenvalue weighted by molar-refractivity contribution is 5.78. The van der Waals surface area contributed by atoms with Crippen molar-refractivity contribution < 1.29 is 9.53 Å². The third-order valence-corrected chi connectivity index (χ3v) is 5.68. The summed E-state index contributed by atoms with van der Waals surface area (Å²) in [4.78, 5) is 21.2. The Labute approximate surface area is 165 Å². The minimum absolute atomic E-state index is 0.161. The van der Waals surface area contributed by atoms with Crippen molar-refractivity contribution in [2.45, 2.75) is 31.7 Å². The molecular formula is C20H28N6O2. The SMILES string of the molecule is Cn1c(CN2CCOCC2)nnc1[C@@H]1CCCN(C(=O)Cc2cccnc2)C1. The Morgan fingerprint density at radius 2 is 2.11 bits per heavy atom. The van der Waals surface area contributed by atoms with Crippen LogP contribution in [-0.2, 0) is 29.5 Å². The number of pyridine rings is 1. The fourth-order valence-electron chi connectivity index (χ4n) is 4.03. The van der Waals surface area contributed by atoms with Crippen molar-refractivity contribution >= 4 is 5.91 Å². The van der Waals surface area contributed by atoms with Crippen LogP contribution < -0.4 is 0 Å². The van der Waals surface area contributed by atoms with Crippen LogP contribution >= 0.6 is 0 Å². The first kappa shape index (κ1) is 19.0. The number of aromatic nitrogens is 4. The summed E-state index contributed by atoms with van der Waals surface area (Å²) in [5.74, 6) is 2.37. The number of likely N-dealkylation sites (tertiary alicyclic amines) is 1. The molecule has 0 bridgehead atoms. The van der Waals surface area contributed by atoms with Crippen LogP contribution in [0.15, 0.2) is 24.5 Å². The number of piperidine rings is 1. The minimum atomic E-state index is 0.161. The van der Waals surface area contributed by atoms with Gasteiger partial charge < -0.3 is 14.2 Å². The van der Waals surface area contributed by atoms with Crippen LogP contribution in [0.2, 0.25) is 0 Å². The van der Waals surface area contributed by atoms with E-state index in [2.05, 4.69) is 24.6 Å². The van der Waals surface area contributed by atoms with Crippen LogP contribution in [0.1, 0.15) is 36.0 Å². The molecule has 0 aromatic carbocycles. The third kappa shape index (κ3) is 4.39. The molecule has 0 spiro atoms. The number of morpholine rings is 1. The number of carbonyl (C=O) groups is 1. The van der Waals surface area contributed by atoms with E-state index in [4.69, 9.17) is 4.74 Å². The molecule has 2 saturated heterocycles. The molecule has 1 atom stereocenters. The van der Waals surface area contributed by atoms with Gasteiger partial charge in [0.25, 0.3) is 0 Å². The van der Waals surface area contributed by atoms with Crippen LogP contribution in [0, 0.1) is 0 Å². The van der Waals surface area contributed by atoms with Gasteiger partial charge in [0.15, 0.2) is 0 Å². The fourth-order valence-corrected chi connectivity index (χ4v) is 4.03. The number of nitrogens with zero attached hydrogens (tertiary/aromatic N) is 6. The highest BCUT2D eigenvalue weighted by atomic mass is 16.5. The predicted octanol–water partition coefficient (Wildman–Crippen LogP) is 0.991. The smallest absolute Gasteiger partial charge is 0.227 e. The molecule has 28 heavy (non-hydrogen) atoms. The second kappa shape index (κ2) is 8.79. The molecule has 0 N–H and O–H groups in total. The lowest BCUT2D eigenvalue weighted by Gasteiger charge is -2.32. The summed E-state index contributed by atoms with van der Waals surface area (Å²) in [5.41, 5.74) is 0.959. The van der Waals surface area contributed by atoms with Gasteiger partial charge in [-0.1, -0.05) is 6.07 Å². The standard InChI is InChI=1S/C20H28N6O2/c1-24-18(15-25-8-10-28-11-9-25)22-23-20(24)17-5-3-7-26(14-17)19(27)12-16-4-2-6-21-13-16/h2,4,6,13,17H,3,5,7-12,14-15H2,1H3/t17-/m1/s1. The molecule has 2 aromatic rings. The van der Waals surface area contributed by atoms with Gasteiger partial charge in [0, 0.05) is 51.5 Å². The second-order valence-electron chi connectivity index (χ2n) is 7.64. The van der Waals surface area contributed by atoms with Crippen molar-refractivity contribution in [2.24, 2.45) is 7.05 Å². The third-order valence-electron chi connectivity index (χ3n) is 5.68. The summed E-state index contributed by atoms with van der Waals surface area (Å²) in [7, 11) is 2.04. The molecule has 4 heterocycles. The molecule has 0 unspecified atom stereocenters. The summed E-state index contributed by atoms with van der Waals surface area (Å²) in [6.45, 7) is 5.74. The molecule has 0 saturated carbocycles. The van der Waals surface area contributed by atoms with Crippen molar-refractivity contribution in [3.05, 3.63) is 41.7 Å². The van der Waals surface area contributed by atoms with E-state index in [9.17, 15) is 4.79 Å². The highest BCUT2D eigenvalue weighted by Gasteiger charge is 2.28. The van der Waals surface area contributed by atoms with Crippen molar-refractivity contribution in [3.63, 3.8) is 0 Å². The van der Waals surface area contributed by atoms with Gasteiger partial charge in [-0.05, 0) is 24.5 Å². The number of rotatable bonds is 5. The van der Waals surface area contributed by atoms with E-state index in [1.54, 1.807) is 12.4 Å². The average molecular weight is 384 g/mol. The molecule has 2 aliphatic rings. The topological polar surface area (TPSA) is 76.4 Å². The van der Waals surface area contributed by atoms with Crippen LogP contribution in [0.25, 0.3) is 0 Å². The normalized spacial score (nSPS) is 21.0. The monoisotopic (exact) mass is 384 g/mol. The first-order chi connectivity index (χ1) is 13.7. The lowest BCUT2D eigenvalue weighted by Crippen LogP contribution is -2.40. The van der Waals surface area contributed by atoms with Gasteiger partial charge in [-0.3, -0.25) is 14.7 Å². The van der Waals surface area contributed by atoms with Crippen LogP contribution in [-0.4, -0.2) is 74.8 Å². The zero-order chi connectivity index (χ0) is 19.3. The second-order valence-corrected chi connectivity index (χ2v) is 7.64. The number of amides is 1. The van der Waals surface area contributed by atoms with Crippen molar-refractivity contribution in [1.29, 1.82) is 0 Å². The highest BCUT2D eigenvalue weighted by Crippen LogP contribution is 2.26. The molecule has 4 rings (SSSR count). The van der Waals surface area contributed by atoms with Gasteiger partial charge in [-0.15, -0.1) is 10.2 Å². The number of carbonyl (C=O) groups excluding carboxylic acids is 1. The van der Waals surface area contributed by atoms with Gasteiger partial charge in [0.1, 0.15) is 11.6 Å². The molecule has 1 amide bonds. The molecule has 8 heteroatoms. The van der Waals surface area contributed by atoms with E-state index in [0.29, 0.717) is 13.0 Å². The summed E-state index contributed by atoms with van der Waals surface area (Å²) in [6, 6.07) is 3.82. The Kier molecular flexibility index (Phi) is 5.97. The van der Waals surface area contributed by atoms with Gasteiger partial charge in [-0.25, -0.2) is 0 Å². The van der Waals surface area contributed by atoms with E-state index in [-0.39, 0.29) is 11.8 Å². The summed E-state index contributed by atoms with van der Waals surface area (Å²) < 4.78 is 7.54. The lowest BCUT2D eigenvalue weighted by molar-refractivity contribution is -0.131. The average Bonchev–Trinajstić information content (AvgIpc) is 3.10. The molecule has 150 valence electrons. The molecule has 0 radical (unpaired) electrons. The maximum Gasteiger partial charge on any atom is 0.227 e. The summed E-state index contributed by atoms with van der Waals surface area (Å²) >= 11 is 0. The maximum absolute atomic E-state index is 12.7. The van der Waals surface area contributed by atoms with Crippen molar-refractivity contribution in [2.75, 3.05) is 39.4 Å². The van der Waals surface area contributed by atoms with Gasteiger partial charge in [0.05, 0.1) is 26.2 Å². The number of hydrogen-bond acceptors (Lipinski definition) is 6. The molecule has 2 aliphatic heterocycles. The van der Waals surface area contributed by atoms with Gasteiger partial charge >= 0.3 is 0 Å². The molecule has 8 nitrogen and oxygen atoms in total. The first-order valence-corrected chi connectivity index (χ1v) is 10.1. The lowest BCUT2D eigenvalue weighted by atomic mass is 9.96. The van der Waals surface area contributed by atoms with Crippen LogP contribution in [0.3, 0.4) is 0 Å². The Morgan fingerprint density at radius 3 is 2.89 bits per heavy atom. The van der Waals surface area contributed by atoms with E-state index in [0.717, 1.165) is 69.4 Å². The zero-order valence-corrected chi connectivity index (χ0v) is 16.5. The summed E-state index contributed by atoms with van der Waals surface area (Å²) in [5, 5.41) is 8.93. The van der Waals surface area contributed by atoms with E-state index in [1.807, 2.05) is 24.1 Å². The quantitative estimate of drug-likeness (QED) is 0.765. The predicted molar refractivity (Wildman–Crippen MR) is 104 cm³/mol. The minimum Gasteiger partial charge on any atom is -0.379 e. The molecule has 2 fully saturated rings. The molecule has 2 aromatic heterocycles. The summed E-state index contributed by atoms with van der Waals surface area (Å²) in [6.07, 6.45) is 5.93. The Hall–Kier alpha value is -2.32.